The maximum Gasteiger partial charge on any atom is 0.350 e. The van der Waals surface area contributed by atoms with Crippen molar-refractivity contribution >= 4 is 5.97 Å². The van der Waals surface area contributed by atoms with E-state index in [9.17, 15) is 20.0 Å². The molecular weight excluding hydrogens is 238 g/mol. The quantitative estimate of drug-likeness (QED) is 0.482. The molecule has 18 heavy (non-hydrogen) atoms. The molecule has 1 N–H and O–H groups in total. The van der Waals surface area contributed by atoms with Gasteiger partial charge in [-0.05, 0) is 13.8 Å². The number of benzene rings is 1. The number of nitro groups is 1. The third-order valence-corrected chi connectivity index (χ3v) is 2.29. The summed E-state index contributed by atoms with van der Waals surface area (Å²) in [4.78, 5) is 21.7. The normalized spacial score (nSPS) is 14.0. The Balaban J connectivity index is 3.10. The van der Waals surface area contributed by atoms with Crippen molar-refractivity contribution in [2.45, 2.75) is 25.6 Å². The highest BCUT2D eigenvalue weighted by Gasteiger charge is 2.45. The fraction of sp³-hybridized carbons (Fsp3) is 0.417. The van der Waals surface area contributed by atoms with E-state index >= 15 is 0 Å². The lowest BCUT2D eigenvalue weighted by Gasteiger charge is -2.23. The fourth-order valence-electron chi connectivity index (χ4n) is 1.49. The van der Waals surface area contributed by atoms with Gasteiger partial charge < -0.3 is 9.84 Å². The van der Waals surface area contributed by atoms with E-state index in [2.05, 4.69) is 0 Å². The van der Waals surface area contributed by atoms with Gasteiger partial charge in [-0.15, -0.1) is 0 Å². The monoisotopic (exact) mass is 253 g/mol. The molecule has 6 heteroatoms. The molecule has 0 unspecified atom stereocenters. The number of hydrogen-bond donors (Lipinski definition) is 1. The summed E-state index contributed by atoms with van der Waals surface area (Å²) >= 11 is 0. The Labute approximate surface area is 104 Å². The second-order valence-corrected chi connectivity index (χ2v) is 4.17. The molecule has 0 saturated carbocycles. The summed E-state index contributed by atoms with van der Waals surface area (Å²) in [5, 5.41) is 20.9. The molecule has 0 saturated heterocycles. The number of hydrogen-bond acceptors (Lipinski definition) is 5. The van der Waals surface area contributed by atoms with Crippen LogP contribution in [-0.4, -0.2) is 28.6 Å². The average molecular weight is 253 g/mol. The molecule has 0 aliphatic rings. The highest BCUT2D eigenvalue weighted by Crippen LogP contribution is 2.23. The molecule has 1 aromatic rings. The molecular formula is C12H15NO5. The smallest absolute Gasteiger partial charge is 0.350 e. The van der Waals surface area contributed by atoms with Gasteiger partial charge in [-0.1, -0.05) is 30.3 Å². The maximum absolute atomic E-state index is 11.8. The molecule has 0 aromatic heterocycles. The molecule has 0 aliphatic carbocycles. The van der Waals surface area contributed by atoms with Gasteiger partial charge in [-0.3, -0.25) is 10.1 Å². The molecule has 1 rings (SSSR count). The Kier molecular flexibility index (Phi) is 4.38. The second kappa shape index (κ2) is 5.59. The molecule has 0 bridgehead atoms. The largest absolute Gasteiger partial charge is 0.460 e. The first-order valence-electron chi connectivity index (χ1n) is 5.47. The lowest BCUT2D eigenvalue weighted by atomic mass is 9.94. The van der Waals surface area contributed by atoms with Crippen LogP contribution in [0.25, 0.3) is 0 Å². The minimum Gasteiger partial charge on any atom is -0.460 e. The van der Waals surface area contributed by atoms with Gasteiger partial charge in [0.05, 0.1) is 6.10 Å². The lowest BCUT2D eigenvalue weighted by molar-refractivity contribution is -0.499. The predicted octanol–water partition coefficient (Wildman–Crippen LogP) is 1.10. The molecule has 0 spiro atoms. The first-order valence-corrected chi connectivity index (χ1v) is 5.47. The molecule has 0 radical (unpaired) electrons. The molecule has 0 heterocycles. The van der Waals surface area contributed by atoms with Crippen molar-refractivity contribution in [2.24, 2.45) is 0 Å². The van der Waals surface area contributed by atoms with Crippen LogP contribution < -0.4 is 0 Å². The first-order chi connectivity index (χ1) is 8.36. The maximum atomic E-state index is 11.8. The topological polar surface area (TPSA) is 89.7 Å². The van der Waals surface area contributed by atoms with Crippen molar-refractivity contribution < 1.29 is 19.6 Å². The third kappa shape index (κ3) is 3.27. The lowest BCUT2D eigenvalue weighted by Crippen LogP contribution is -2.44. The van der Waals surface area contributed by atoms with Gasteiger partial charge in [0.1, 0.15) is 0 Å². The van der Waals surface area contributed by atoms with Crippen LogP contribution in [0.1, 0.15) is 19.4 Å². The van der Waals surface area contributed by atoms with Crippen LogP contribution in [0.4, 0.5) is 0 Å². The van der Waals surface area contributed by atoms with Crippen LogP contribution in [0.3, 0.4) is 0 Å². The fourth-order valence-corrected chi connectivity index (χ4v) is 1.49. The van der Waals surface area contributed by atoms with Crippen LogP contribution in [-0.2, 0) is 15.1 Å². The average Bonchev–Trinajstić information content (AvgIpc) is 2.28. The Hall–Kier alpha value is -1.95. The molecule has 1 atom stereocenters. The second-order valence-electron chi connectivity index (χ2n) is 4.17. The zero-order chi connectivity index (χ0) is 13.8. The summed E-state index contributed by atoms with van der Waals surface area (Å²) in [6, 6.07) is 7.76. The Morgan fingerprint density at radius 2 is 2.00 bits per heavy atom. The standard InChI is InChI=1S/C12H15NO5/c1-9(2)18-11(14)12(15,8-13(16)17)10-6-4-3-5-7-10/h3-7,9,15H,8H2,1-2H3/t12-/m1/s1. The van der Waals surface area contributed by atoms with Gasteiger partial charge in [-0.2, -0.15) is 0 Å². The molecule has 98 valence electrons. The number of esters is 1. The predicted molar refractivity (Wildman–Crippen MR) is 63.4 cm³/mol. The first kappa shape index (κ1) is 14.1. The Bertz CT molecular complexity index is 431. The zero-order valence-electron chi connectivity index (χ0n) is 10.2. The SMILES string of the molecule is CC(C)OC(=O)[C@@](O)(C[N+](=O)[O-])c1ccccc1. The van der Waals surface area contributed by atoms with Gasteiger partial charge in [0, 0.05) is 10.5 Å². The van der Waals surface area contributed by atoms with Crippen LogP contribution in [0, 0.1) is 10.1 Å². The summed E-state index contributed by atoms with van der Waals surface area (Å²) in [5.41, 5.74) is -2.11. The van der Waals surface area contributed by atoms with Crippen LogP contribution in [0.2, 0.25) is 0 Å². The molecule has 0 amide bonds. The summed E-state index contributed by atoms with van der Waals surface area (Å²) in [5.74, 6) is -1.01. The van der Waals surface area contributed by atoms with Crippen molar-refractivity contribution in [3.8, 4) is 0 Å². The Morgan fingerprint density at radius 1 is 1.44 bits per heavy atom. The van der Waals surface area contributed by atoms with Crippen molar-refractivity contribution in [3.05, 3.63) is 46.0 Å². The van der Waals surface area contributed by atoms with Crippen molar-refractivity contribution in [1.29, 1.82) is 0 Å². The van der Waals surface area contributed by atoms with Crippen LogP contribution in [0.15, 0.2) is 30.3 Å². The van der Waals surface area contributed by atoms with Gasteiger partial charge in [-0.25, -0.2) is 4.79 Å². The summed E-state index contributed by atoms with van der Waals surface area (Å²) in [6.07, 6.45) is -0.459. The van der Waals surface area contributed by atoms with E-state index in [1.165, 1.54) is 12.1 Å². The van der Waals surface area contributed by atoms with Crippen LogP contribution >= 0.6 is 0 Å². The highest BCUT2D eigenvalue weighted by atomic mass is 16.6. The van der Waals surface area contributed by atoms with E-state index in [-0.39, 0.29) is 5.56 Å². The van der Waals surface area contributed by atoms with E-state index in [0.717, 1.165) is 0 Å². The third-order valence-electron chi connectivity index (χ3n) is 2.29. The van der Waals surface area contributed by atoms with E-state index in [1.54, 1.807) is 32.0 Å². The minimum atomic E-state index is -2.25. The number of nitrogens with zero attached hydrogens (tertiary/aromatic N) is 1. The van der Waals surface area contributed by atoms with E-state index in [1.807, 2.05) is 0 Å². The van der Waals surface area contributed by atoms with E-state index in [4.69, 9.17) is 4.74 Å². The summed E-state index contributed by atoms with van der Waals surface area (Å²) in [6.45, 7) is 2.29. The number of carbonyl (C=O) groups is 1. The van der Waals surface area contributed by atoms with Gasteiger partial charge >= 0.3 is 5.97 Å². The number of carbonyl (C=O) groups excluding carboxylic acids is 1. The van der Waals surface area contributed by atoms with Crippen molar-refractivity contribution in [2.75, 3.05) is 6.54 Å². The highest BCUT2D eigenvalue weighted by molar-refractivity contribution is 5.81. The van der Waals surface area contributed by atoms with Gasteiger partial charge in [0.15, 0.2) is 0 Å². The number of aliphatic hydroxyl groups is 1. The molecule has 0 fully saturated rings. The van der Waals surface area contributed by atoms with Crippen LogP contribution in [0.5, 0.6) is 0 Å². The number of rotatable bonds is 5. The minimum absolute atomic E-state index is 0.146. The van der Waals surface area contributed by atoms with E-state index < -0.39 is 29.1 Å². The van der Waals surface area contributed by atoms with Gasteiger partial charge in [0.25, 0.3) is 5.60 Å². The number of ether oxygens (including phenoxy) is 1. The molecule has 0 aliphatic heterocycles. The molecule has 1 aromatic carbocycles. The van der Waals surface area contributed by atoms with Crippen molar-refractivity contribution in [3.63, 3.8) is 0 Å². The summed E-state index contributed by atoms with van der Waals surface area (Å²) < 4.78 is 4.88. The van der Waals surface area contributed by atoms with Gasteiger partial charge in [0.2, 0.25) is 6.54 Å². The van der Waals surface area contributed by atoms with Crippen molar-refractivity contribution in [1.82, 2.24) is 0 Å². The van der Waals surface area contributed by atoms with E-state index in [0.29, 0.717) is 0 Å². The molecule has 6 nitrogen and oxygen atoms in total. The Morgan fingerprint density at radius 3 is 2.44 bits per heavy atom. The zero-order valence-corrected chi connectivity index (χ0v) is 10.2. The summed E-state index contributed by atoms with van der Waals surface area (Å²) in [7, 11) is 0.